The quantitative estimate of drug-likeness (QED) is 0.0799. The number of nitrogens with one attached hydrogen (secondary N) is 3. The zero-order valence-electron chi connectivity index (χ0n) is 29.4. The minimum Gasteiger partial charge on any atom is -0.489 e. The monoisotopic (exact) mass is 791 g/mol. The average molecular weight is 792 g/mol. The highest BCUT2D eigenvalue weighted by atomic mass is 35.5. The van der Waals surface area contributed by atoms with E-state index >= 15 is 0 Å². The van der Waals surface area contributed by atoms with Crippen LogP contribution < -0.4 is 20.7 Å². The molecule has 0 fully saturated rings. The van der Waals surface area contributed by atoms with Crippen molar-refractivity contribution in [3.63, 3.8) is 0 Å². The van der Waals surface area contributed by atoms with Gasteiger partial charge in [0.2, 0.25) is 5.91 Å². The average Bonchev–Trinajstić information content (AvgIpc) is 3.21. The number of amides is 3. The number of halogens is 4. The van der Waals surface area contributed by atoms with Gasteiger partial charge < -0.3 is 20.7 Å². The van der Waals surface area contributed by atoms with Crippen molar-refractivity contribution in [2.75, 3.05) is 10.6 Å². The lowest BCUT2D eigenvalue weighted by molar-refractivity contribution is -0.137. The number of rotatable bonds is 13. The molecule has 1 unspecified atom stereocenters. The Hall–Kier alpha value is -6.30. The Balaban J connectivity index is 1.18. The van der Waals surface area contributed by atoms with Gasteiger partial charge in [-0.3, -0.25) is 14.4 Å². The fraction of sp³-hybridized carbons (Fsp3) is 0.0682. The highest BCUT2D eigenvalue weighted by Crippen LogP contribution is 2.40. The standard InChI is InChI=1S/C44H33ClF3N3O4S/c45-33-18-25-38(37(27-33)44(46,47)48)50-43(54)40(31-12-6-2-7-13-31)56-36-23-19-34(20-24-36)49-42(53)39(51-41(52)32-14-8-3-9-15-32)26-29-16-21-35(22-17-29)55-28-30-10-4-1-5-11-30/h1-27,40H,28H2,(H,49,53)(H,50,54)(H,51,52)/b39-26-. The number of benzene rings is 6. The number of hydrogen-bond acceptors (Lipinski definition) is 5. The number of alkyl halides is 3. The lowest BCUT2D eigenvalue weighted by Crippen LogP contribution is -2.30. The maximum Gasteiger partial charge on any atom is 0.418 e. The second-order valence-corrected chi connectivity index (χ2v) is 13.9. The van der Waals surface area contributed by atoms with E-state index in [0.717, 1.165) is 29.5 Å². The van der Waals surface area contributed by atoms with E-state index in [1.165, 1.54) is 6.07 Å². The molecule has 1 atom stereocenters. The Morgan fingerprint density at radius 1 is 0.732 bits per heavy atom. The Morgan fingerprint density at radius 3 is 2.00 bits per heavy atom. The summed E-state index contributed by atoms with van der Waals surface area (Å²) >= 11 is 6.95. The van der Waals surface area contributed by atoms with E-state index < -0.39 is 40.4 Å². The first-order valence-corrected chi connectivity index (χ1v) is 18.4. The Bertz CT molecular complexity index is 2310. The first-order valence-electron chi connectivity index (χ1n) is 17.2. The summed E-state index contributed by atoms with van der Waals surface area (Å²) in [6.45, 7) is 0.389. The summed E-state index contributed by atoms with van der Waals surface area (Å²) in [7, 11) is 0. The Morgan fingerprint density at radius 2 is 1.36 bits per heavy atom. The number of carbonyl (C=O) groups excluding carboxylic acids is 3. The van der Waals surface area contributed by atoms with Crippen LogP contribution in [-0.2, 0) is 22.4 Å². The van der Waals surface area contributed by atoms with Crippen molar-refractivity contribution < 1.29 is 32.3 Å². The number of anilines is 2. The molecule has 7 nitrogen and oxygen atoms in total. The van der Waals surface area contributed by atoms with Crippen molar-refractivity contribution in [3.8, 4) is 5.75 Å². The van der Waals surface area contributed by atoms with Gasteiger partial charge in [0.1, 0.15) is 23.3 Å². The number of hydrogen-bond donors (Lipinski definition) is 3. The SMILES string of the molecule is O=C(Nc1ccc(SC(C(=O)Nc2ccc(Cl)cc2C(F)(F)F)c2ccccc2)cc1)/C(=C/c1ccc(OCc2ccccc2)cc1)NC(=O)c1ccccc1. The van der Waals surface area contributed by atoms with E-state index in [2.05, 4.69) is 16.0 Å². The molecule has 0 aliphatic rings. The smallest absolute Gasteiger partial charge is 0.418 e. The second kappa shape index (κ2) is 18.4. The van der Waals surface area contributed by atoms with Gasteiger partial charge in [-0.15, -0.1) is 11.8 Å². The molecule has 6 aromatic carbocycles. The van der Waals surface area contributed by atoms with Crippen LogP contribution in [0.1, 0.15) is 37.9 Å². The Kier molecular flexibility index (Phi) is 12.9. The van der Waals surface area contributed by atoms with E-state index in [1.807, 2.05) is 30.3 Å². The van der Waals surface area contributed by atoms with Gasteiger partial charge in [-0.25, -0.2) is 0 Å². The van der Waals surface area contributed by atoms with Crippen molar-refractivity contribution >= 4 is 58.5 Å². The number of carbonyl (C=O) groups is 3. The predicted molar refractivity (Wildman–Crippen MR) is 214 cm³/mol. The molecule has 6 aromatic rings. The molecule has 6 rings (SSSR count). The van der Waals surface area contributed by atoms with Gasteiger partial charge in [0.15, 0.2) is 0 Å². The fourth-order valence-corrected chi connectivity index (χ4v) is 6.62. The van der Waals surface area contributed by atoms with E-state index in [-0.39, 0.29) is 10.7 Å². The molecule has 0 heterocycles. The largest absolute Gasteiger partial charge is 0.489 e. The summed E-state index contributed by atoms with van der Waals surface area (Å²) in [6.07, 6.45) is -3.19. The summed E-state index contributed by atoms with van der Waals surface area (Å²) in [6, 6.07) is 43.7. The van der Waals surface area contributed by atoms with Crippen LogP contribution in [0.15, 0.2) is 168 Å². The summed E-state index contributed by atoms with van der Waals surface area (Å²) in [5.74, 6) is -1.12. The van der Waals surface area contributed by atoms with Crippen LogP contribution in [-0.4, -0.2) is 17.7 Å². The topological polar surface area (TPSA) is 96.5 Å². The molecule has 3 amide bonds. The van der Waals surface area contributed by atoms with E-state index in [4.69, 9.17) is 16.3 Å². The molecule has 0 radical (unpaired) electrons. The second-order valence-electron chi connectivity index (χ2n) is 12.3. The molecule has 0 saturated heterocycles. The molecular weight excluding hydrogens is 759 g/mol. The van der Waals surface area contributed by atoms with Crippen LogP contribution in [0, 0.1) is 0 Å². The van der Waals surface area contributed by atoms with Crippen LogP contribution in [0.5, 0.6) is 5.75 Å². The van der Waals surface area contributed by atoms with Crippen molar-refractivity contribution in [2.45, 2.75) is 22.9 Å². The van der Waals surface area contributed by atoms with E-state index in [1.54, 1.807) is 115 Å². The van der Waals surface area contributed by atoms with Crippen LogP contribution >= 0.6 is 23.4 Å². The third-order valence-electron chi connectivity index (χ3n) is 8.22. The van der Waals surface area contributed by atoms with Crippen molar-refractivity contribution in [3.05, 3.63) is 196 Å². The van der Waals surface area contributed by atoms with Gasteiger partial charge in [0.05, 0.1) is 11.3 Å². The molecule has 56 heavy (non-hydrogen) atoms. The highest BCUT2D eigenvalue weighted by molar-refractivity contribution is 8.00. The first-order chi connectivity index (χ1) is 27.0. The summed E-state index contributed by atoms with van der Waals surface area (Å²) in [5, 5.41) is 6.91. The maximum absolute atomic E-state index is 13.8. The van der Waals surface area contributed by atoms with Crippen molar-refractivity contribution in [1.82, 2.24) is 5.32 Å². The lowest BCUT2D eigenvalue weighted by atomic mass is 10.1. The van der Waals surface area contributed by atoms with Gasteiger partial charge in [-0.2, -0.15) is 13.2 Å². The predicted octanol–water partition coefficient (Wildman–Crippen LogP) is 10.8. The lowest BCUT2D eigenvalue weighted by Gasteiger charge is -2.20. The molecule has 0 saturated carbocycles. The molecule has 0 bridgehead atoms. The van der Waals surface area contributed by atoms with Gasteiger partial charge in [-0.05, 0) is 89.5 Å². The van der Waals surface area contributed by atoms with Crippen molar-refractivity contribution in [1.29, 1.82) is 0 Å². The number of ether oxygens (including phenoxy) is 1. The zero-order chi connectivity index (χ0) is 39.5. The molecule has 12 heteroatoms. The van der Waals surface area contributed by atoms with Gasteiger partial charge in [0.25, 0.3) is 11.8 Å². The molecule has 0 aromatic heterocycles. The molecule has 3 N–H and O–H groups in total. The Labute approximate surface area is 330 Å². The van der Waals surface area contributed by atoms with E-state index in [9.17, 15) is 27.6 Å². The number of thioether (sulfide) groups is 1. The summed E-state index contributed by atoms with van der Waals surface area (Å²) in [4.78, 5) is 41.0. The molecule has 282 valence electrons. The first kappa shape index (κ1) is 39.4. The summed E-state index contributed by atoms with van der Waals surface area (Å²) < 4.78 is 47.3. The molecular formula is C44H33ClF3N3O4S. The molecule has 0 aliphatic carbocycles. The molecule has 0 spiro atoms. The minimum atomic E-state index is -4.75. The fourth-order valence-electron chi connectivity index (χ4n) is 5.42. The normalized spacial score (nSPS) is 12.0. The minimum absolute atomic E-state index is 0.0171. The van der Waals surface area contributed by atoms with Crippen LogP contribution in [0.2, 0.25) is 5.02 Å². The maximum atomic E-state index is 13.8. The van der Waals surface area contributed by atoms with Crippen molar-refractivity contribution in [2.24, 2.45) is 0 Å². The van der Waals surface area contributed by atoms with Crippen LogP contribution in [0.25, 0.3) is 6.08 Å². The van der Waals surface area contributed by atoms with Crippen LogP contribution in [0.4, 0.5) is 24.5 Å². The molecule has 0 aliphatic heterocycles. The summed E-state index contributed by atoms with van der Waals surface area (Å²) in [5.41, 5.74) is 1.47. The highest BCUT2D eigenvalue weighted by Gasteiger charge is 2.35. The van der Waals surface area contributed by atoms with Gasteiger partial charge >= 0.3 is 6.18 Å². The third-order valence-corrected chi connectivity index (χ3v) is 9.72. The third kappa shape index (κ3) is 10.9. The van der Waals surface area contributed by atoms with Gasteiger partial charge in [-0.1, -0.05) is 103 Å². The van der Waals surface area contributed by atoms with Gasteiger partial charge in [0, 0.05) is 21.2 Å². The zero-order valence-corrected chi connectivity index (χ0v) is 31.0. The van der Waals surface area contributed by atoms with E-state index in [0.29, 0.717) is 39.6 Å². The van der Waals surface area contributed by atoms with Crippen LogP contribution in [0.3, 0.4) is 0 Å².